The average Bonchev–Trinajstić information content (AvgIpc) is 3.14. The van der Waals surface area contributed by atoms with Crippen LogP contribution in [0.25, 0.3) is 15.9 Å². The lowest BCUT2D eigenvalue weighted by atomic mass is 10.2. The third-order valence-corrected chi connectivity index (χ3v) is 5.79. The van der Waals surface area contributed by atoms with E-state index in [0.717, 1.165) is 10.1 Å². The molecule has 0 spiro atoms. The van der Waals surface area contributed by atoms with Gasteiger partial charge in [0.1, 0.15) is 11.2 Å². The lowest BCUT2D eigenvalue weighted by Crippen LogP contribution is -2.40. The maximum atomic E-state index is 13.2. The Labute approximate surface area is 184 Å². The summed E-state index contributed by atoms with van der Waals surface area (Å²) in [7, 11) is 0. The van der Waals surface area contributed by atoms with E-state index in [1.165, 1.54) is 15.9 Å². The molecule has 30 heavy (non-hydrogen) atoms. The Morgan fingerprint density at radius 1 is 1.07 bits per heavy atom. The summed E-state index contributed by atoms with van der Waals surface area (Å²) < 4.78 is 2.78. The van der Waals surface area contributed by atoms with E-state index in [-0.39, 0.29) is 6.54 Å². The van der Waals surface area contributed by atoms with Crippen molar-refractivity contribution in [1.29, 1.82) is 0 Å². The molecule has 2 heterocycles. The topological polar surface area (TPSA) is 73.1 Å². The predicted molar refractivity (Wildman–Crippen MR) is 122 cm³/mol. The summed E-state index contributed by atoms with van der Waals surface area (Å²) in [5.74, 6) is -0.447. The zero-order valence-electron chi connectivity index (χ0n) is 15.7. The molecule has 0 bridgehead atoms. The fourth-order valence-electron chi connectivity index (χ4n) is 3.20. The molecule has 6 nitrogen and oxygen atoms in total. The fraction of sp³-hybridized carbons (Fsp3) is 0.0952. The van der Waals surface area contributed by atoms with Crippen LogP contribution in [0.3, 0.4) is 0 Å². The minimum absolute atomic E-state index is 0.276. The van der Waals surface area contributed by atoms with E-state index in [0.29, 0.717) is 31.6 Å². The van der Waals surface area contributed by atoms with Crippen molar-refractivity contribution in [1.82, 2.24) is 9.13 Å². The Morgan fingerprint density at radius 2 is 1.80 bits per heavy atom. The number of nitrogens with zero attached hydrogens (tertiary/aromatic N) is 2. The van der Waals surface area contributed by atoms with Gasteiger partial charge in [-0.05, 0) is 54.3 Å². The monoisotopic (exact) mass is 459 g/mol. The van der Waals surface area contributed by atoms with Crippen LogP contribution in [0.4, 0.5) is 5.69 Å². The van der Waals surface area contributed by atoms with Crippen molar-refractivity contribution in [3.63, 3.8) is 0 Å². The van der Waals surface area contributed by atoms with E-state index in [4.69, 9.17) is 23.2 Å². The van der Waals surface area contributed by atoms with Crippen molar-refractivity contribution in [2.24, 2.45) is 0 Å². The van der Waals surface area contributed by atoms with E-state index >= 15 is 0 Å². The van der Waals surface area contributed by atoms with Crippen LogP contribution in [-0.4, -0.2) is 15.0 Å². The standard InChI is InChI=1S/C21H15Cl2N3O3S/c1-12-3-2-4-16(7-12)26-20(28)19-17(5-6-30-19)25(21(26)29)11-18(27)24-15-9-13(22)8-14(23)10-15/h2-10H,11H2,1H3,(H,24,27). The Morgan fingerprint density at radius 3 is 2.50 bits per heavy atom. The first-order valence-corrected chi connectivity index (χ1v) is 10.5. The molecule has 9 heteroatoms. The van der Waals surface area contributed by atoms with Crippen LogP contribution in [0.5, 0.6) is 0 Å². The number of nitrogens with one attached hydrogen (secondary N) is 1. The molecule has 0 aliphatic carbocycles. The number of carbonyl (C=O) groups excluding carboxylic acids is 1. The molecular formula is C21H15Cl2N3O3S. The van der Waals surface area contributed by atoms with Gasteiger partial charge in [-0.25, -0.2) is 9.36 Å². The maximum Gasteiger partial charge on any atom is 0.336 e. The minimum Gasteiger partial charge on any atom is -0.324 e. The van der Waals surface area contributed by atoms with Crippen LogP contribution in [0.2, 0.25) is 10.0 Å². The van der Waals surface area contributed by atoms with Crippen LogP contribution in [0, 0.1) is 6.92 Å². The molecule has 0 aliphatic heterocycles. The molecule has 0 aliphatic rings. The molecule has 152 valence electrons. The van der Waals surface area contributed by atoms with Gasteiger partial charge in [-0.15, -0.1) is 11.3 Å². The second kappa shape index (κ2) is 8.10. The van der Waals surface area contributed by atoms with Gasteiger partial charge in [0.25, 0.3) is 5.56 Å². The van der Waals surface area contributed by atoms with Crippen molar-refractivity contribution >= 4 is 56.3 Å². The molecule has 2 aromatic heterocycles. The Bertz CT molecular complexity index is 1380. The van der Waals surface area contributed by atoms with Crippen LogP contribution in [0.1, 0.15) is 5.56 Å². The molecule has 0 atom stereocenters. The summed E-state index contributed by atoms with van der Waals surface area (Å²) in [6.45, 7) is 1.60. The van der Waals surface area contributed by atoms with Crippen molar-refractivity contribution in [2.75, 3.05) is 5.32 Å². The number of anilines is 1. The van der Waals surface area contributed by atoms with Gasteiger partial charge < -0.3 is 5.32 Å². The molecule has 1 N–H and O–H groups in total. The van der Waals surface area contributed by atoms with Crippen LogP contribution in [0.15, 0.2) is 63.5 Å². The zero-order valence-corrected chi connectivity index (χ0v) is 18.0. The van der Waals surface area contributed by atoms with Crippen molar-refractivity contribution in [3.05, 3.63) is 90.4 Å². The molecule has 0 unspecified atom stereocenters. The van der Waals surface area contributed by atoms with E-state index in [1.807, 2.05) is 13.0 Å². The highest BCUT2D eigenvalue weighted by Crippen LogP contribution is 2.22. The van der Waals surface area contributed by atoms with Gasteiger partial charge in [0.2, 0.25) is 5.91 Å². The van der Waals surface area contributed by atoms with E-state index in [1.54, 1.807) is 47.8 Å². The number of hydrogen-bond donors (Lipinski definition) is 1. The average molecular weight is 460 g/mol. The molecule has 2 aromatic carbocycles. The first-order valence-electron chi connectivity index (χ1n) is 8.89. The zero-order chi connectivity index (χ0) is 21.4. The maximum absolute atomic E-state index is 13.2. The summed E-state index contributed by atoms with van der Waals surface area (Å²) in [6, 6.07) is 13.4. The van der Waals surface area contributed by atoms with Crippen LogP contribution >= 0.6 is 34.5 Å². The number of amides is 1. The number of halogens is 2. The molecule has 0 saturated heterocycles. The number of rotatable bonds is 4. The highest BCUT2D eigenvalue weighted by atomic mass is 35.5. The van der Waals surface area contributed by atoms with Gasteiger partial charge in [-0.3, -0.25) is 14.2 Å². The third-order valence-electron chi connectivity index (χ3n) is 4.46. The fourth-order valence-corrected chi connectivity index (χ4v) is 4.56. The second-order valence-electron chi connectivity index (χ2n) is 6.69. The molecule has 4 rings (SSSR count). The first kappa shape index (κ1) is 20.4. The summed E-state index contributed by atoms with van der Waals surface area (Å²) in [5, 5.41) is 5.16. The molecule has 1 amide bonds. The second-order valence-corrected chi connectivity index (χ2v) is 8.48. The molecule has 4 aromatic rings. The number of benzene rings is 2. The lowest BCUT2D eigenvalue weighted by molar-refractivity contribution is -0.116. The van der Waals surface area contributed by atoms with Gasteiger partial charge in [0.05, 0.1) is 11.2 Å². The highest BCUT2D eigenvalue weighted by molar-refractivity contribution is 7.17. The van der Waals surface area contributed by atoms with Crippen molar-refractivity contribution < 1.29 is 4.79 Å². The van der Waals surface area contributed by atoms with Gasteiger partial charge in [-0.1, -0.05) is 35.3 Å². The van der Waals surface area contributed by atoms with E-state index in [2.05, 4.69) is 5.32 Å². The van der Waals surface area contributed by atoms with Gasteiger partial charge in [0.15, 0.2) is 0 Å². The Kier molecular flexibility index (Phi) is 5.51. The summed E-state index contributed by atoms with van der Waals surface area (Å²) in [5.41, 5.74) is 1.20. The van der Waals surface area contributed by atoms with Crippen molar-refractivity contribution in [3.8, 4) is 5.69 Å². The smallest absolute Gasteiger partial charge is 0.324 e. The first-order chi connectivity index (χ1) is 14.3. The largest absolute Gasteiger partial charge is 0.336 e. The van der Waals surface area contributed by atoms with Crippen LogP contribution < -0.4 is 16.6 Å². The number of aromatic nitrogens is 2. The van der Waals surface area contributed by atoms with Gasteiger partial charge >= 0.3 is 5.69 Å². The SMILES string of the molecule is Cc1cccc(-n2c(=O)c3sccc3n(CC(=O)Nc3cc(Cl)cc(Cl)c3)c2=O)c1. The molecule has 0 radical (unpaired) electrons. The van der Waals surface area contributed by atoms with Gasteiger partial charge in [-0.2, -0.15) is 0 Å². The molecule has 0 fully saturated rings. The number of fused-ring (bicyclic) bond motifs is 1. The van der Waals surface area contributed by atoms with E-state index < -0.39 is 17.2 Å². The highest BCUT2D eigenvalue weighted by Gasteiger charge is 2.18. The predicted octanol–water partition coefficient (Wildman–Crippen LogP) is 4.47. The quantitative estimate of drug-likeness (QED) is 0.489. The normalized spacial score (nSPS) is 11.0. The lowest BCUT2D eigenvalue weighted by Gasteiger charge is -2.13. The number of aryl methyl sites for hydroxylation is 1. The third kappa shape index (κ3) is 3.92. The molecule has 0 saturated carbocycles. The van der Waals surface area contributed by atoms with Crippen LogP contribution in [-0.2, 0) is 11.3 Å². The van der Waals surface area contributed by atoms with Crippen molar-refractivity contribution in [2.45, 2.75) is 13.5 Å². The Balaban J connectivity index is 1.79. The Hall–Kier alpha value is -2.87. The summed E-state index contributed by atoms with van der Waals surface area (Å²) in [4.78, 5) is 38.8. The van der Waals surface area contributed by atoms with E-state index in [9.17, 15) is 14.4 Å². The minimum atomic E-state index is -0.587. The molecular weight excluding hydrogens is 445 g/mol. The number of hydrogen-bond acceptors (Lipinski definition) is 4. The van der Waals surface area contributed by atoms with Gasteiger partial charge in [0, 0.05) is 15.7 Å². The number of carbonyl (C=O) groups is 1. The number of thiophene rings is 1. The summed E-state index contributed by atoms with van der Waals surface area (Å²) in [6.07, 6.45) is 0. The summed E-state index contributed by atoms with van der Waals surface area (Å²) >= 11 is 13.2.